The summed E-state index contributed by atoms with van der Waals surface area (Å²) in [6, 6.07) is 9.65. The largest absolute Gasteiger partial charge is 0.452 e. The molecular formula is C12H9BrF3NOS. The monoisotopic (exact) mass is 351 g/mol. The van der Waals surface area contributed by atoms with Gasteiger partial charge in [-0.1, -0.05) is 0 Å². The summed E-state index contributed by atoms with van der Waals surface area (Å²) in [6.45, 7) is 0.470. The average molecular weight is 352 g/mol. The van der Waals surface area contributed by atoms with Gasteiger partial charge in [-0.3, -0.25) is 0 Å². The molecule has 1 aromatic heterocycles. The summed E-state index contributed by atoms with van der Waals surface area (Å²) < 4.78 is 42.4. The molecule has 0 aliphatic rings. The average Bonchev–Trinajstić information content (AvgIpc) is 2.72. The number of halogens is 4. The number of anilines is 1. The maximum absolute atomic E-state index is 12.1. The molecule has 19 heavy (non-hydrogen) atoms. The minimum Gasteiger partial charge on any atom is -0.452 e. The van der Waals surface area contributed by atoms with Gasteiger partial charge in [0.15, 0.2) is 4.67 Å². The maximum atomic E-state index is 12.1. The lowest BCUT2D eigenvalue weighted by Gasteiger charge is -2.07. The second kappa shape index (κ2) is 5.92. The van der Waals surface area contributed by atoms with Gasteiger partial charge in [-0.25, -0.2) is 0 Å². The van der Waals surface area contributed by atoms with Crippen LogP contribution < -0.4 is 5.32 Å². The van der Waals surface area contributed by atoms with E-state index in [4.69, 9.17) is 4.42 Å². The van der Waals surface area contributed by atoms with E-state index in [1.54, 1.807) is 18.2 Å². The van der Waals surface area contributed by atoms with Crippen LogP contribution in [0.25, 0.3) is 0 Å². The lowest BCUT2D eigenvalue weighted by atomic mass is 10.3. The van der Waals surface area contributed by atoms with Gasteiger partial charge in [-0.2, -0.15) is 13.2 Å². The lowest BCUT2D eigenvalue weighted by Crippen LogP contribution is -2.00. The zero-order valence-electron chi connectivity index (χ0n) is 9.50. The Morgan fingerprint density at radius 1 is 1.11 bits per heavy atom. The summed E-state index contributed by atoms with van der Waals surface area (Å²) in [5.74, 6) is 0.737. The summed E-state index contributed by atoms with van der Waals surface area (Å²) in [5, 5.41) is 3.06. The van der Waals surface area contributed by atoms with E-state index in [2.05, 4.69) is 21.2 Å². The van der Waals surface area contributed by atoms with Gasteiger partial charge in [-0.15, -0.1) is 0 Å². The van der Waals surface area contributed by atoms with Gasteiger partial charge in [0.1, 0.15) is 5.76 Å². The molecule has 0 saturated heterocycles. The molecule has 0 atom stereocenters. The zero-order chi connectivity index (χ0) is 13.9. The van der Waals surface area contributed by atoms with Crippen molar-refractivity contribution >= 4 is 33.4 Å². The van der Waals surface area contributed by atoms with E-state index in [1.807, 2.05) is 6.07 Å². The van der Waals surface area contributed by atoms with Crippen molar-refractivity contribution < 1.29 is 17.6 Å². The number of benzene rings is 1. The Labute approximate surface area is 120 Å². The highest BCUT2D eigenvalue weighted by Crippen LogP contribution is 2.37. The highest BCUT2D eigenvalue weighted by atomic mass is 79.9. The molecule has 2 nitrogen and oxygen atoms in total. The van der Waals surface area contributed by atoms with E-state index >= 15 is 0 Å². The van der Waals surface area contributed by atoms with E-state index in [-0.39, 0.29) is 16.7 Å². The van der Waals surface area contributed by atoms with Crippen LogP contribution in [-0.2, 0) is 6.54 Å². The molecule has 0 aliphatic carbocycles. The Balaban J connectivity index is 1.91. The van der Waals surface area contributed by atoms with Crippen LogP contribution in [0.2, 0.25) is 0 Å². The van der Waals surface area contributed by atoms with Crippen molar-refractivity contribution in [3.05, 3.63) is 46.8 Å². The minimum atomic E-state index is -4.25. The molecule has 1 N–H and O–H groups in total. The van der Waals surface area contributed by atoms with Crippen molar-refractivity contribution in [2.24, 2.45) is 0 Å². The Kier molecular flexibility index (Phi) is 4.46. The number of hydrogen-bond donors (Lipinski definition) is 1. The third-order valence-corrected chi connectivity index (χ3v) is 3.35. The van der Waals surface area contributed by atoms with E-state index in [0.29, 0.717) is 11.2 Å². The predicted molar refractivity (Wildman–Crippen MR) is 72.1 cm³/mol. The molecule has 0 aliphatic heterocycles. The van der Waals surface area contributed by atoms with Crippen LogP contribution in [0.5, 0.6) is 0 Å². The number of alkyl halides is 3. The fraction of sp³-hybridized carbons (Fsp3) is 0.167. The lowest BCUT2D eigenvalue weighted by molar-refractivity contribution is -0.0328. The molecule has 2 aromatic rings. The SMILES string of the molecule is FC(F)(F)Sc1ccc(NCc2ccc(Br)o2)cc1. The first kappa shape index (κ1) is 14.3. The number of rotatable bonds is 4. The number of nitrogens with one attached hydrogen (secondary N) is 1. The van der Waals surface area contributed by atoms with Crippen LogP contribution in [0, 0.1) is 0 Å². The summed E-state index contributed by atoms with van der Waals surface area (Å²) in [4.78, 5) is 0.166. The van der Waals surface area contributed by atoms with Crippen molar-refractivity contribution in [2.45, 2.75) is 16.9 Å². The Morgan fingerprint density at radius 2 is 1.79 bits per heavy atom. The molecular weight excluding hydrogens is 343 g/mol. The van der Waals surface area contributed by atoms with Gasteiger partial charge in [0, 0.05) is 10.6 Å². The molecule has 0 fully saturated rings. The third-order valence-electron chi connectivity index (χ3n) is 2.18. The fourth-order valence-corrected chi connectivity index (χ4v) is 2.29. The molecule has 0 unspecified atom stereocenters. The van der Waals surface area contributed by atoms with Crippen LogP contribution in [0.1, 0.15) is 5.76 Å². The molecule has 1 aromatic carbocycles. The first-order valence-corrected chi connectivity index (χ1v) is 6.87. The van der Waals surface area contributed by atoms with Gasteiger partial charge in [0.2, 0.25) is 0 Å². The van der Waals surface area contributed by atoms with Crippen molar-refractivity contribution in [1.82, 2.24) is 0 Å². The van der Waals surface area contributed by atoms with E-state index in [9.17, 15) is 13.2 Å². The number of furan rings is 1. The molecule has 1 heterocycles. The van der Waals surface area contributed by atoms with Crippen LogP contribution in [0.15, 0.2) is 50.4 Å². The Bertz CT molecular complexity index is 539. The molecule has 0 saturated carbocycles. The van der Waals surface area contributed by atoms with Crippen molar-refractivity contribution in [2.75, 3.05) is 5.32 Å². The summed E-state index contributed by atoms with van der Waals surface area (Å²) >= 11 is 3.07. The van der Waals surface area contributed by atoms with Crippen molar-refractivity contribution in [3.63, 3.8) is 0 Å². The second-order valence-corrected chi connectivity index (χ2v) is 5.55. The second-order valence-electron chi connectivity index (χ2n) is 3.63. The van der Waals surface area contributed by atoms with Gasteiger partial charge < -0.3 is 9.73 Å². The number of hydrogen-bond acceptors (Lipinski definition) is 3. The zero-order valence-corrected chi connectivity index (χ0v) is 11.9. The van der Waals surface area contributed by atoms with Crippen molar-refractivity contribution in [1.29, 1.82) is 0 Å². The van der Waals surface area contributed by atoms with Gasteiger partial charge in [0.05, 0.1) is 6.54 Å². The van der Waals surface area contributed by atoms with Crippen LogP contribution in [0.4, 0.5) is 18.9 Å². The summed E-state index contributed by atoms with van der Waals surface area (Å²) in [7, 11) is 0. The van der Waals surface area contributed by atoms with E-state index in [0.717, 1.165) is 11.4 Å². The third kappa shape index (κ3) is 4.83. The van der Waals surface area contributed by atoms with Crippen LogP contribution in [0.3, 0.4) is 0 Å². The first-order chi connectivity index (χ1) is 8.92. The quantitative estimate of drug-likeness (QED) is 0.760. The normalized spacial score (nSPS) is 11.6. The molecule has 0 bridgehead atoms. The van der Waals surface area contributed by atoms with Crippen LogP contribution >= 0.6 is 27.7 Å². The van der Waals surface area contributed by atoms with Gasteiger partial charge in [0.25, 0.3) is 0 Å². The van der Waals surface area contributed by atoms with Gasteiger partial charge in [-0.05, 0) is 64.1 Å². The van der Waals surface area contributed by atoms with E-state index < -0.39 is 5.51 Å². The minimum absolute atomic E-state index is 0.125. The topological polar surface area (TPSA) is 25.2 Å². The van der Waals surface area contributed by atoms with Crippen LogP contribution in [-0.4, -0.2) is 5.51 Å². The van der Waals surface area contributed by atoms with Gasteiger partial charge >= 0.3 is 5.51 Å². The predicted octanol–water partition coefficient (Wildman–Crippen LogP) is 5.27. The number of thioether (sulfide) groups is 1. The first-order valence-electron chi connectivity index (χ1n) is 5.26. The molecule has 7 heteroatoms. The summed E-state index contributed by atoms with van der Waals surface area (Å²) in [6.07, 6.45) is 0. The molecule has 102 valence electrons. The van der Waals surface area contributed by atoms with E-state index in [1.165, 1.54) is 12.1 Å². The maximum Gasteiger partial charge on any atom is 0.446 e. The Morgan fingerprint density at radius 3 is 2.32 bits per heavy atom. The molecule has 0 radical (unpaired) electrons. The highest BCUT2D eigenvalue weighted by molar-refractivity contribution is 9.10. The molecule has 2 rings (SSSR count). The molecule has 0 amide bonds. The summed E-state index contributed by atoms with van der Waals surface area (Å²) in [5.41, 5.74) is -3.52. The smallest absolute Gasteiger partial charge is 0.446 e. The van der Waals surface area contributed by atoms with Crippen molar-refractivity contribution in [3.8, 4) is 0 Å². The Hall–Kier alpha value is -1.08. The standard InChI is InChI=1S/C12H9BrF3NOS/c13-11-6-3-9(18-11)7-17-8-1-4-10(5-2-8)19-12(14,15)16/h1-6,17H,7H2. The fourth-order valence-electron chi connectivity index (χ4n) is 1.41. The highest BCUT2D eigenvalue weighted by Gasteiger charge is 2.28. The molecule has 0 spiro atoms.